The number of nitrogens with zero attached hydrogens (tertiary/aromatic N) is 2. The van der Waals surface area contributed by atoms with Gasteiger partial charge in [-0.1, -0.05) is 5.16 Å². The second kappa shape index (κ2) is 4.21. The molecular weight excluding hydrogens is 245 g/mol. The maximum Gasteiger partial charge on any atom is 0.273 e. The van der Waals surface area contributed by atoms with Gasteiger partial charge >= 0.3 is 0 Å². The monoisotopic (exact) mass is 259 g/mol. The minimum atomic E-state index is -0.580. The van der Waals surface area contributed by atoms with E-state index in [0.29, 0.717) is 6.42 Å². The Hall–Kier alpha value is -1.24. The van der Waals surface area contributed by atoms with Gasteiger partial charge < -0.3 is 4.84 Å². The summed E-state index contributed by atoms with van der Waals surface area (Å²) >= 11 is 1.33. The van der Waals surface area contributed by atoms with Crippen LogP contribution < -0.4 is 5.56 Å². The largest absolute Gasteiger partial charge is 0.389 e. The van der Waals surface area contributed by atoms with Gasteiger partial charge in [0.05, 0.1) is 5.56 Å². The first-order valence-electron chi connectivity index (χ1n) is 5.20. The van der Waals surface area contributed by atoms with Crippen LogP contribution in [0.15, 0.2) is 9.95 Å². The summed E-state index contributed by atoms with van der Waals surface area (Å²) in [7, 11) is 1.49. The van der Waals surface area contributed by atoms with Gasteiger partial charge in [-0.25, -0.2) is 0 Å². The standard InChI is InChI=1S/C10H14FN3O2S/c1-10(2)4-7(13-16-10)17-5-6-8(11)12-14(3)9(6)15/h12H,4-5H2,1-3H3. The molecule has 94 valence electrons. The zero-order valence-electron chi connectivity index (χ0n) is 9.91. The number of thioether (sulfide) groups is 1. The Kier molecular flexibility index (Phi) is 3.03. The number of hydrogen-bond acceptors (Lipinski definition) is 4. The Morgan fingerprint density at radius 3 is 2.82 bits per heavy atom. The van der Waals surface area contributed by atoms with Crippen LogP contribution in [-0.2, 0) is 17.6 Å². The first-order valence-corrected chi connectivity index (χ1v) is 6.19. The summed E-state index contributed by atoms with van der Waals surface area (Å²) in [5, 5.41) is 7.02. The van der Waals surface area contributed by atoms with Crippen molar-refractivity contribution in [3.8, 4) is 0 Å². The van der Waals surface area contributed by atoms with Crippen molar-refractivity contribution in [2.45, 2.75) is 31.6 Å². The fraction of sp³-hybridized carbons (Fsp3) is 0.600. The lowest BCUT2D eigenvalue weighted by atomic mass is 10.1. The van der Waals surface area contributed by atoms with Crippen LogP contribution in [-0.4, -0.2) is 20.4 Å². The highest BCUT2D eigenvalue weighted by Gasteiger charge is 2.29. The Balaban J connectivity index is 2.02. The third-order valence-electron chi connectivity index (χ3n) is 2.45. The van der Waals surface area contributed by atoms with E-state index in [2.05, 4.69) is 10.3 Å². The molecule has 1 N–H and O–H groups in total. The number of aromatic nitrogens is 2. The van der Waals surface area contributed by atoms with Gasteiger partial charge in [-0.15, -0.1) is 11.8 Å². The highest BCUT2D eigenvalue weighted by molar-refractivity contribution is 8.13. The van der Waals surface area contributed by atoms with Crippen molar-refractivity contribution >= 4 is 16.8 Å². The highest BCUT2D eigenvalue weighted by Crippen LogP contribution is 2.28. The van der Waals surface area contributed by atoms with Crippen LogP contribution in [0.5, 0.6) is 0 Å². The van der Waals surface area contributed by atoms with Crippen molar-refractivity contribution in [3.05, 3.63) is 21.9 Å². The van der Waals surface area contributed by atoms with Crippen LogP contribution in [0.1, 0.15) is 25.8 Å². The van der Waals surface area contributed by atoms with Gasteiger partial charge in [0.1, 0.15) is 10.6 Å². The topological polar surface area (TPSA) is 59.4 Å². The molecule has 2 heterocycles. The van der Waals surface area contributed by atoms with Gasteiger partial charge in [-0.05, 0) is 13.8 Å². The number of H-pyrrole nitrogens is 1. The predicted octanol–water partition coefficient (Wildman–Crippen LogP) is 1.60. The van der Waals surface area contributed by atoms with Crippen molar-refractivity contribution in [2.24, 2.45) is 12.2 Å². The summed E-state index contributed by atoms with van der Waals surface area (Å²) in [5.74, 6) is -0.316. The van der Waals surface area contributed by atoms with E-state index in [9.17, 15) is 9.18 Å². The summed E-state index contributed by atoms with van der Waals surface area (Å²) < 4.78 is 14.5. The van der Waals surface area contributed by atoms with E-state index in [1.807, 2.05) is 13.8 Å². The van der Waals surface area contributed by atoms with Crippen LogP contribution in [0.4, 0.5) is 4.39 Å². The van der Waals surface area contributed by atoms with Crippen molar-refractivity contribution in [2.75, 3.05) is 0 Å². The van der Waals surface area contributed by atoms with Gasteiger partial charge in [0, 0.05) is 19.2 Å². The molecule has 17 heavy (non-hydrogen) atoms. The number of aromatic amines is 1. The molecule has 0 fully saturated rings. The zero-order valence-corrected chi connectivity index (χ0v) is 10.7. The third-order valence-corrected chi connectivity index (χ3v) is 3.43. The predicted molar refractivity (Wildman–Crippen MR) is 64.5 cm³/mol. The zero-order chi connectivity index (χ0) is 12.6. The molecule has 1 aromatic rings. The van der Waals surface area contributed by atoms with E-state index >= 15 is 0 Å². The molecule has 0 saturated carbocycles. The molecule has 1 aliphatic rings. The average Bonchev–Trinajstić information content (AvgIpc) is 2.68. The second-order valence-corrected chi connectivity index (χ2v) is 5.62. The van der Waals surface area contributed by atoms with Crippen LogP contribution in [0.25, 0.3) is 0 Å². The van der Waals surface area contributed by atoms with Crippen molar-refractivity contribution in [3.63, 3.8) is 0 Å². The normalized spacial score (nSPS) is 18.0. The molecular formula is C10H14FN3O2S. The molecule has 0 unspecified atom stereocenters. The van der Waals surface area contributed by atoms with Gasteiger partial charge in [-0.2, -0.15) is 4.39 Å². The van der Waals surface area contributed by atoms with Crippen molar-refractivity contribution in [1.82, 2.24) is 9.78 Å². The van der Waals surface area contributed by atoms with Gasteiger partial charge in [0.25, 0.3) is 5.56 Å². The maximum absolute atomic E-state index is 13.3. The molecule has 0 aliphatic carbocycles. The number of oxime groups is 1. The van der Waals surface area contributed by atoms with E-state index in [4.69, 9.17) is 4.84 Å². The molecule has 0 radical (unpaired) electrons. The summed E-state index contributed by atoms with van der Waals surface area (Å²) in [4.78, 5) is 16.7. The van der Waals surface area contributed by atoms with Gasteiger partial charge in [0.15, 0.2) is 0 Å². The number of hydrogen-bond donors (Lipinski definition) is 1. The second-order valence-electron chi connectivity index (χ2n) is 4.57. The molecule has 0 bridgehead atoms. The summed E-state index contributed by atoms with van der Waals surface area (Å²) in [6.45, 7) is 3.86. The molecule has 5 nitrogen and oxygen atoms in total. The smallest absolute Gasteiger partial charge is 0.273 e. The Bertz CT molecular complexity index is 518. The minimum Gasteiger partial charge on any atom is -0.389 e. The quantitative estimate of drug-likeness (QED) is 0.877. The van der Waals surface area contributed by atoms with Gasteiger partial charge in [-0.3, -0.25) is 14.6 Å². The number of nitrogens with one attached hydrogen (secondary N) is 1. The molecule has 0 atom stereocenters. The van der Waals surface area contributed by atoms with Crippen LogP contribution in [0.2, 0.25) is 0 Å². The molecule has 2 rings (SSSR count). The van der Waals surface area contributed by atoms with E-state index in [1.165, 1.54) is 18.8 Å². The van der Waals surface area contributed by atoms with Crippen molar-refractivity contribution < 1.29 is 9.23 Å². The minimum absolute atomic E-state index is 0.143. The molecule has 0 aromatic carbocycles. The first kappa shape index (κ1) is 12.2. The Morgan fingerprint density at radius 2 is 2.35 bits per heavy atom. The molecule has 0 amide bonds. The van der Waals surface area contributed by atoms with E-state index in [0.717, 1.165) is 9.73 Å². The summed E-state index contributed by atoms with van der Waals surface area (Å²) in [5.41, 5.74) is -0.497. The van der Waals surface area contributed by atoms with E-state index < -0.39 is 5.95 Å². The molecule has 1 aromatic heterocycles. The lowest BCUT2D eigenvalue weighted by molar-refractivity contribution is 0.0123. The fourth-order valence-corrected chi connectivity index (χ4v) is 2.62. The lowest BCUT2D eigenvalue weighted by Crippen LogP contribution is -2.18. The van der Waals surface area contributed by atoms with E-state index in [-0.39, 0.29) is 22.5 Å². The fourth-order valence-electron chi connectivity index (χ4n) is 1.52. The number of aryl methyl sites for hydroxylation is 1. The average molecular weight is 259 g/mol. The number of halogens is 1. The molecule has 0 spiro atoms. The highest BCUT2D eigenvalue weighted by atomic mass is 32.2. The summed E-state index contributed by atoms with van der Waals surface area (Å²) in [6.07, 6.45) is 0.685. The molecule has 1 aliphatic heterocycles. The van der Waals surface area contributed by atoms with Crippen molar-refractivity contribution in [1.29, 1.82) is 0 Å². The Labute approximate surface area is 102 Å². The van der Waals surface area contributed by atoms with Crippen LogP contribution in [0, 0.1) is 5.95 Å². The van der Waals surface area contributed by atoms with Gasteiger partial charge in [0.2, 0.25) is 5.95 Å². The lowest BCUT2D eigenvalue weighted by Gasteiger charge is -2.12. The van der Waals surface area contributed by atoms with E-state index in [1.54, 1.807) is 0 Å². The molecule has 7 heteroatoms. The number of rotatable bonds is 2. The Morgan fingerprint density at radius 1 is 1.65 bits per heavy atom. The third kappa shape index (κ3) is 2.54. The SMILES string of the molecule is Cn1[nH]c(F)c(CSC2=NOC(C)(C)C2)c1=O. The molecule has 0 saturated heterocycles. The first-order chi connectivity index (χ1) is 7.89. The van der Waals surface area contributed by atoms with Crippen LogP contribution >= 0.6 is 11.8 Å². The van der Waals surface area contributed by atoms with Crippen LogP contribution in [0.3, 0.4) is 0 Å². The summed E-state index contributed by atoms with van der Waals surface area (Å²) in [6, 6.07) is 0. The maximum atomic E-state index is 13.3.